The Bertz CT molecular complexity index is 839. The second-order valence-corrected chi connectivity index (χ2v) is 6.69. The van der Waals surface area contributed by atoms with Crippen LogP contribution in [0.25, 0.3) is 0 Å². The van der Waals surface area contributed by atoms with Crippen molar-refractivity contribution in [1.29, 1.82) is 0 Å². The summed E-state index contributed by atoms with van der Waals surface area (Å²) in [5.74, 6) is -1.13. The summed E-state index contributed by atoms with van der Waals surface area (Å²) in [6.07, 6.45) is 0. The lowest BCUT2D eigenvalue weighted by Gasteiger charge is -2.29. The van der Waals surface area contributed by atoms with Gasteiger partial charge < -0.3 is 20.1 Å². The fourth-order valence-corrected chi connectivity index (χ4v) is 3.28. The zero-order chi connectivity index (χ0) is 19.4. The number of aryl methyl sites for hydroxylation is 2. The summed E-state index contributed by atoms with van der Waals surface area (Å²) in [5.41, 5.74) is 6.95. The summed E-state index contributed by atoms with van der Waals surface area (Å²) in [6.45, 7) is 4.03. The standard InChI is InChI=1S/C18H22N6O2S/c1-12-5-3-6-13(2)17(12)23(10-16(25)26)11-19-14-7-4-8-15(9-14)24-18(27)20-21-22-24/h3-9,18-19,27H,10-11H2,1-2H3,(H,20,22)(H,25,26)/p-1. The lowest BCUT2D eigenvalue weighted by Crippen LogP contribution is -2.41. The van der Waals surface area contributed by atoms with Gasteiger partial charge in [-0.15, -0.1) is 17.7 Å². The fourth-order valence-electron chi connectivity index (χ4n) is 3.05. The van der Waals surface area contributed by atoms with E-state index in [-0.39, 0.29) is 6.54 Å². The second-order valence-electron chi connectivity index (χ2n) is 6.23. The molecule has 0 fully saturated rings. The van der Waals surface area contributed by atoms with Crippen LogP contribution in [0.4, 0.5) is 17.1 Å². The topological polar surface area (TPSA) is 95.4 Å². The minimum atomic E-state index is -1.13. The Morgan fingerprint density at radius 3 is 2.63 bits per heavy atom. The van der Waals surface area contributed by atoms with Gasteiger partial charge in [0, 0.05) is 11.4 Å². The summed E-state index contributed by atoms with van der Waals surface area (Å²) in [5, 5.41) is 23.9. The van der Waals surface area contributed by atoms with Crippen molar-refractivity contribution in [3.8, 4) is 0 Å². The normalized spacial score (nSPS) is 15.5. The van der Waals surface area contributed by atoms with Crippen LogP contribution >= 0.6 is 12.6 Å². The maximum atomic E-state index is 11.3. The van der Waals surface area contributed by atoms with E-state index in [0.29, 0.717) is 6.67 Å². The number of nitrogens with zero attached hydrogens (tertiary/aromatic N) is 4. The lowest BCUT2D eigenvalue weighted by atomic mass is 10.1. The first-order valence-electron chi connectivity index (χ1n) is 8.43. The molecular formula is C18H21N6O2S-. The summed E-state index contributed by atoms with van der Waals surface area (Å²) < 4.78 is 0. The van der Waals surface area contributed by atoms with Crippen molar-refractivity contribution in [2.45, 2.75) is 19.3 Å². The number of hydrogen-bond acceptors (Lipinski definition) is 9. The Kier molecular flexibility index (Phi) is 5.70. The summed E-state index contributed by atoms with van der Waals surface area (Å²) in [7, 11) is 0. The molecule has 1 unspecified atom stereocenters. The molecule has 0 saturated carbocycles. The number of hydrazine groups is 1. The van der Waals surface area contributed by atoms with Gasteiger partial charge in [-0.05, 0) is 43.2 Å². The summed E-state index contributed by atoms with van der Waals surface area (Å²) in [6, 6.07) is 13.5. The molecule has 0 spiro atoms. The van der Waals surface area contributed by atoms with Gasteiger partial charge in [0.05, 0.1) is 24.9 Å². The van der Waals surface area contributed by atoms with E-state index in [4.69, 9.17) is 0 Å². The zero-order valence-electron chi connectivity index (χ0n) is 15.1. The van der Waals surface area contributed by atoms with Crippen LogP contribution in [-0.2, 0) is 4.79 Å². The molecule has 9 heteroatoms. The van der Waals surface area contributed by atoms with E-state index >= 15 is 0 Å². The van der Waals surface area contributed by atoms with Gasteiger partial charge in [-0.25, -0.2) is 5.01 Å². The van der Waals surface area contributed by atoms with Gasteiger partial charge in [0.2, 0.25) is 5.50 Å². The Balaban J connectivity index is 1.77. The maximum Gasteiger partial charge on any atom is 0.207 e. The molecule has 142 valence electrons. The van der Waals surface area contributed by atoms with Crippen LogP contribution in [0.1, 0.15) is 11.1 Å². The van der Waals surface area contributed by atoms with Gasteiger partial charge in [-0.3, -0.25) is 0 Å². The predicted molar refractivity (Wildman–Crippen MR) is 106 cm³/mol. The van der Waals surface area contributed by atoms with Crippen LogP contribution in [0, 0.1) is 13.8 Å². The van der Waals surface area contributed by atoms with Gasteiger partial charge in [-0.1, -0.05) is 29.5 Å². The molecule has 2 N–H and O–H groups in total. The number of aliphatic carboxylic acids is 1. The zero-order valence-corrected chi connectivity index (χ0v) is 16.0. The summed E-state index contributed by atoms with van der Waals surface area (Å²) >= 11 is 4.33. The molecule has 8 nitrogen and oxygen atoms in total. The molecule has 1 heterocycles. The molecule has 27 heavy (non-hydrogen) atoms. The van der Waals surface area contributed by atoms with E-state index in [1.54, 1.807) is 9.91 Å². The van der Waals surface area contributed by atoms with E-state index < -0.39 is 11.5 Å². The van der Waals surface area contributed by atoms with Gasteiger partial charge >= 0.3 is 0 Å². The average molecular weight is 385 g/mol. The molecule has 1 aliphatic heterocycles. The van der Waals surface area contributed by atoms with E-state index in [9.17, 15) is 9.90 Å². The molecule has 0 amide bonds. The number of rotatable bonds is 7. The molecule has 0 aromatic heterocycles. The molecule has 0 aliphatic carbocycles. The van der Waals surface area contributed by atoms with Crippen LogP contribution < -0.4 is 25.9 Å². The molecule has 2 aromatic carbocycles. The highest BCUT2D eigenvalue weighted by atomic mass is 32.1. The van der Waals surface area contributed by atoms with Crippen LogP contribution in [0.5, 0.6) is 0 Å². The van der Waals surface area contributed by atoms with Crippen molar-refractivity contribution in [1.82, 2.24) is 5.53 Å². The Morgan fingerprint density at radius 1 is 1.30 bits per heavy atom. The van der Waals surface area contributed by atoms with Gasteiger partial charge in [0.25, 0.3) is 0 Å². The lowest BCUT2D eigenvalue weighted by molar-refractivity contribution is -0.303. The van der Waals surface area contributed by atoms with Crippen LogP contribution in [-0.4, -0.2) is 24.7 Å². The van der Waals surface area contributed by atoms with Crippen LogP contribution in [0.3, 0.4) is 0 Å². The predicted octanol–water partition coefficient (Wildman–Crippen LogP) is 1.83. The van der Waals surface area contributed by atoms with Crippen molar-refractivity contribution in [3.05, 3.63) is 53.6 Å². The van der Waals surface area contributed by atoms with E-state index in [2.05, 4.69) is 33.8 Å². The minimum absolute atomic E-state index is 0.206. The monoisotopic (exact) mass is 385 g/mol. The van der Waals surface area contributed by atoms with Gasteiger partial charge in [0.1, 0.15) is 0 Å². The quantitative estimate of drug-likeness (QED) is 0.497. The minimum Gasteiger partial charge on any atom is -0.548 e. The van der Waals surface area contributed by atoms with E-state index in [0.717, 1.165) is 28.2 Å². The largest absolute Gasteiger partial charge is 0.548 e. The number of carbonyl (C=O) groups excluding carboxylic acids is 1. The van der Waals surface area contributed by atoms with E-state index in [1.165, 1.54) is 0 Å². The highest BCUT2D eigenvalue weighted by molar-refractivity contribution is 7.81. The number of carboxylic acid groups (broad SMARTS) is 1. The van der Waals surface area contributed by atoms with Crippen LogP contribution in [0.15, 0.2) is 52.8 Å². The third kappa shape index (κ3) is 4.43. The van der Waals surface area contributed by atoms with Crippen molar-refractivity contribution < 1.29 is 9.90 Å². The first-order valence-corrected chi connectivity index (χ1v) is 8.95. The number of benzene rings is 2. The molecule has 3 rings (SSSR count). The average Bonchev–Trinajstić information content (AvgIpc) is 3.05. The Morgan fingerprint density at radius 2 is 2.00 bits per heavy atom. The fraction of sp³-hybridized carbons (Fsp3) is 0.278. The molecule has 1 atom stereocenters. The number of carboxylic acids is 1. The second kappa shape index (κ2) is 8.17. The van der Waals surface area contributed by atoms with Crippen molar-refractivity contribution in [2.75, 3.05) is 28.4 Å². The molecule has 1 aliphatic rings. The molecule has 0 saturated heterocycles. The Hall–Kier alpha value is -2.94. The van der Waals surface area contributed by atoms with Crippen LogP contribution in [0.2, 0.25) is 0 Å². The van der Waals surface area contributed by atoms with Crippen molar-refractivity contribution >= 4 is 35.7 Å². The highest BCUT2D eigenvalue weighted by Crippen LogP contribution is 2.26. The number of para-hydroxylation sites is 1. The van der Waals surface area contributed by atoms with E-state index in [1.807, 2.05) is 56.3 Å². The van der Waals surface area contributed by atoms with Gasteiger partial charge in [0.15, 0.2) is 0 Å². The first kappa shape index (κ1) is 18.8. The molecular weight excluding hydrogens is 364 g/mol. The number of nitrogens with one attached hydrogen (secondary N) is 2. The molecule has 0 radical (unpaired) electrons. The SMILES string of the molecule is Cc1cccc(C)c1N(CNc1cccc(N2NN=NC2S)c1)CC(=O)[O-]. The highest BCUT2D eigenvalue weighted by Gasteiger charge is 2.19. The third-order valence-electron chi connectivity index (χ3n) is 4.22. The van der Waals surface area contributed by atoms with Gasteiger partial charge in [-0.2, -0.15) is 5.53 Å². The van der Waals surface area contributed by atoms with Crippen molar-refractivity contribution in [2.24, 2.45) is 10.3 Å². The van der Waals surface area contributed by atoms with Crippen molar-refractivity contribution in [3.63, 3.8) is 0 Å². The number of thiol groups is 1. The molecule has 0 bridgehead atoms. The summed E-state index contributed by atoms with van der Waals surface area (Å²) in [4.78, 5) is 13.0. The smallest absolute Gasteiger partial charge is 0.207 e. The maximum absolute atomic E-state index is 11.3. The number of hydrogen-bond donors (Lipinski definition) is 3. The molecule has 2 aromatic rings. The number of carbonyl (C=O) groups is 1. The first-order chi connectivity index (χ1) is 13.0. The Labute approximate surface area is 163 Å². The third-order valence-corrected chi connectivity index (χ3v) is 4.55. The number of anilines is 3.